The van der Waals surface area contributed by atoms with Crippen LogP contribution in [0.2, 0.25) is 0 Å². The van der Waals surface area contributed by atoms with Crippen molar-refractivity contribution >= 4 is 23.1 Å². The standard InChI is InChI=1S/C19H24N2OS/c1-14-8-5-6-9-16(14)20-19(22)21-13-7-3-4-10-17(21)18-12-11-15(2)23-18/h5-6,8-9,11-12,17H,3-4,7,10,13H2,1-2H3,(H,20,22). The second-order valence-corrected chi connectivity index (χ2v) is 7.57. The van der Waals surface area contributed by atoms with Gasteiger partial charge in [-0.15, -0.1) is 11.3 Å². The van der Waals surface area contributed by atoms with Gasteiger partial charge in [-0.25, -0.2) is 4.79 Å². The predicted octanol–water partition coefficient (Wildman–Crippen LogP) is 5.51. The number of anilines is 1. The van der Waals surface area contributed by atoms with Gasteiger partial charge in [0.2, 0.25) is 0 Å². The molecule has 2 heterocycles. The number of benzene rings is 1. The number of para-hydroxylation sites is 1. The highest BCUT2D eigenvalue weighted by Gasteiger charge is 2.28. The van der Waals surface area contributed by atoms with Crippen LogP contribution >= 0.6 is 11.3 Å². The molecule has 23 heavy (non-hydrogen) atoms. The third-order valence-corrected chi connectivity index (χ3v) is 5.59. The zero-order valence-electron chi connectivity index (χ0n) is 13.8. The molecule has 2 aromatic rings. The van der Waals surface area contributed by atoms with Crippen LogP contribution in [0.15, 0.2) is 36.4 Å². The molecule has 4 heteroatoms. The molecule has 0 aliphatic carbocycles. The Balaban J connectivity index is 1.81. The Bertz CT molecular complexity index is 680. The summed E-state index contributed by atoms with van der Waals surface area (Å²) in [7, 11) is 0. The van der Waals surface area contributed by atoms with Gasteiger partial charge in [0.05, 0.1) is 6.04 Å². The number of carbonyl (C=O) groups excluding carboxylic acids is 1. The van der Waals surface area contributed by atoms with E-state index in [-0.39, 0.29) is 12.1 Å². The molecule has 1 saturated heterocycles. The van der Waals surface area contributed by atoms with Crippen molar-refractivity contribution in [2.24, 2.45) is 0 Å². The molecule has 1 unspecified atom stereocenters. The van der Waals surface area contributed by atoms with Gasteiger partial charge in [-0.05, 0) is 50.5 Å². The Morgan fingerprint density at radius 1 is 1.13 bits per heavy atom. The Labute approximate surface area is 142 Å². The lowest BCUT2D eigenvalue weighted by Crippen LogP contribution is -2.37. The van der Waals surface area contributed by atoms with Gasteiger partial charge in [0.15, 0.2) is 0 Å². The van der Waals surface area contributed by atoms with Gasteiger partial charge in [-0.3, -0.25) is 0 Å². The van der Waals surface area contributed by atoms with Crippen LogP contribution in [0.25, 0.3) is 0 Å². The van der Waals surface area contributed by atoms with Crippen molar-refractivity contribution < 1.29 is 4.79 Å². The maximum atomic E-state index is 12.9. The summed E-state index contributed by atoms with van der Waals surface area (Å²) in [5, 5.41) is 3.11. The Kier molecular flexibility index (Phi) is 5.01. The van der Waals surface area contributed by atoms with Gasteiger partial charge < -0.3 is 10.2 Å². The van der Waals surface area contributed by atoms with Gasteiger partial charge >= 0.3 is 6.03 Å². The van der Waals surface area contributed by atoms with E-state index in [4.69, 9.17) is 0 Å². The van der Waals surface area contributed by atoms with Crippen molar-refractivity contribution in [1.29, 1.82) is 0 Å². The SMILES string of the molecule is Cc1ccc(C2CCCCCN2C(=O)Nc2ccccc2C)s1. The van der Waals surface area contributed by atoms with E-state index < -0.39 is 0 Å². The van der Waals surface area contributed by atoms with Crippen molar-refractivity contribution in [2.45, 2.75) is 45.6 Å². The van der Waals surface area contributed by atoms with Gasteiger partial charge in [0.25, 0.3) is 0 Å². The second kappa shape index (κ2) is 7.18. The van der Waals surface area contributed by atoms with Gasteiger partial charge in [0, 0.05) is 22.0 Å². The lowest BCUT2D eigenvalue weighted by Gasteiger charge is -2.29. The number of aryl methyl sites for hydroxylation is 2. The number of nitrogens with zero attached hydrogens (tertiary/aromatic N) is 1. The predicted molar refractivity (Wildman–Crippen MR) is 97.2 cm³/mol. The molecule has 122 valence electrons. The third kappa shape index (κ3) is 3.75. The number of rotatable bonds is 2. The molecular formula is C19H24N2OS. The third-order valence-electron chi connectivity index (χ3n) is 4.49. The maximum absolute atomic E-state index is 12.9. The van der Waals surface area contributed by atoms with Crippen LogP contribution in [0.3, 0.4) is 0 Å². The molecule has 1 atom stereocenters. The first-order chi connectivity index (χ1) is 11.1. The molecular weight excluding hydrogens is 304 g/mol. The fraction of sp³-hybridized carbons (Fsp3) is 0.421. The fourth-order valence-corrected chi connectivity index (χ4v) is 4.20. The van der Waals surface area contributed by atoms with Crippen molar-refractivity contribution in [2.75, 3.05) is 11.9 Å². The van der Waals surface area contributed by atoms with Crippen LogP contribution in [0, 0.1) is 13.8 Å². The fourth-order valence-electron chi connectivity index (χ4n) is 3.18. The minimum absolute atomic E-state index is 0.0252. The van der Waals surface area contributed by atoms with E-state index in [1.54, 1.807) is 0 Å². The monoisotopic (exact) mass is 328 g/mol. The average molecular weight is 328 g/mol. The molecule has 1 aliphatic rings. The molecule has 2 amide bonds. The Hall–Kier alpha value is -1.81. The van der Waals surface area contributed by atoms with Gasteiger partial charge in [-0.2, -0.15) is 0 Å². The summed E-state index contributed by atoms with van der Waals surface area (Å²) >= 11 is 1.81. The van der Waals surface area contributed by atoms with E-state index in [1.807, 2.05) is 47.4 Å². The number of nitrogens with one attached hydrogen (secondary N) is 1. The van der Waals surface area contributed by atoms with Crippen LogP contribution in [0.5, 0.6) is 0 Å². The zero-order chi connectivity index (χ0) is 16.2. The van der Waals surface area contributed by atoms with E-state index in [9.17, 15) is 4.79 Å². The van der Waals surface area contributed by atoms with Crippen LogP contribution in [0.1, 0.15) is 47.0 Å². The van der Waals surface area contributed by atoms with Crippen molar-refractivity contribution in [3.05, 3.63) is 51.7 Å². The summed E-state index contributed by atoms with van der Waals surface area (Å²) in [5.74, 6) is 0. The highest BCUT2D eigenvalue weighted by molar-refractivity contribution is 7.12. The zero-order valence-corrected chi connectivity index (χ0v) is 14.7. The van der Waals surface area contributed by atoms with Crippen LogP contribution < -0.4 is 5.32 Å². The molecule has 0 bridgehead atoms. The van der Waals surface area contributed by atoms with E-state index in [1.165, 1.54) is 22.6 Å². The maximum Gasteiger partial charge on any atom is 0.322 e. The van der Waals surface area contributed by atoms with E-state index in [0.717, 1.165) is 30.6 Å². The van der Waals surface area contributed by atoms with Gasteiger partial charge in [-0.1, -0.05) is 31.0 Å². The van der Waals surface area contributed by atoms with Crippen molar-refractivity contribution in [3.8, 4) is 0 Å². The molecule has 1 fully saturated rings. The summed E-state index contributed by atoms with van der Waals surface area (Å²) in [5.41, 5.74) is 2.00. The lowest BCUT2D eigenvalue weighted by molar-refractivity contribution is 0.190. The molecule has 0 spiro atoms. The van der Waals surface area contributed by atoms with Crippen LogP contribution in [-0.4, -0.2) is 17.5 Å². The average Bonchev–Trinajstić information content (AvgIpc) is 2.82. The molecule has 3 nitrogen and oxygen atoms in total. The number of hydrogen-bond donors (Lipinski definition) is 1. The normalized spacial score (nSPS) is 18.5. The number of hydrogen-bond acceptors (Lipinski definition) is 2. The largest absolute Gasteiger partial charge is 0.322 e. The summed E-state index contributed by atoms with van der Waals surface area (Å²) in [4.78, 5) is 17.5. The molecule has 0 saturated carbocycles. The second-order valence-electron chi connectivity index (χ2n) is 6.25. The van der Waals surface area contributed by atoms with Crippen LogP contribution in [-0.2, 0) is 0 Å². The van der Waals surface area contributed by atoms with Gasteiger partial charge in [0.1, 0.15) is 0 Å². The first-order valence-corrected chi connectivity index (χ1v) is 9.16. The molecule has 1 aromatic heterocycles. The molecule has 1 N–H and O–H groups in total. The number of urea groups is 1. The highest BCUT2D eigenvalue weighted by atomic mass is 32.1. The summed E-state index contributed by atoms with van der Waals surface area (Å²) in [6.45, 7) is 4.99. The first kappa shape index (κ1) is 16.1. The number of thiophene rings is 1. The quantitative estimate of drug-likeness (QED) is 0.774. The van der Waals surface area contributed by atoms with E-state index in [0.29, 0.717) is 0 Å². The van der Waals surface area contributed by atoms with Crippen molar-refractivity contribution in [1.82, 2.24) is 4.90 Å². The van der Waals surface area contributed by atoms with Crippen molar-refractivity contribution in [3.63, 3.8) is 0 Å². The molecule has 1 aromatic carbocycles. The number of likely N-dealkylation sites (tertiary alicyclic amines) is 1. The minimum atomic E-state index is 0.0252. The molecule has 0 radical (unpaired) electrons. The smallest absolute Gasteiger partial charge is 0.317 e. The molecule has 3 rings (SSSR count). The highest BCUT2D eigenvalue weighted by Crippen LogP contribution is 2.34. The Morgan fingerprint density at radius 3 is 2.70 bits per heavy atom. The molecule has 1 aliphatic heterocycles. The first-order valence-electron chi connectivity index (χ1n) is 8.35. The summed E-state index contributed by atoms with van der Waals surface area (Å²) in [6.07, 6.45) is 4.54. The number of carbonyl (C=O) groups is 1. The topological polar surface area (TPSA) is 32.3 Å². The Morgan fingerprint density at radius 2 is 1.96 bits per heavy atom. The van der Waals surface area contributed by atoms with E-state index in [2.05, 4.69) is 24.4 Å². The summed E-state index contributed by atoms with van der Waals surface area (Å²) in [6, 6.07) is 12.5. The number of amides is 2. The van der Waals surface area contributed by atoms with Crippen LogP contribution in [0.4, 0.5) is 10.5 Å². The van der Waals surface area contributed by atoms with E-state index >= 15 is 0 Å². The lowest BCUT2D eigenvalue weighted by atomic mass is 10.1. The summed E-state index contributed by atoms with van der Waals surface area (Å²) < 4.78 is 0. The minimum Gasteiger partial charge on any atom is -0.317 e.